The predicted molar refractivity (Wildman–Crippen MR) is 161 cm³/mol. The number of rotatable bonds is 20. The Labute approximate surface area is 256 Å². The average molecular weight is 607 g/mol. The Morgan fingerprint density at radius 3 is 1.77 bits per heavy atom. The molecule has 0 unspecified atom stereocenters. The number of carbonyl (C=O) groups excluding carboxylic acids is 3. The number of hydrogen-bond acceptors (Lipinski definition) is 9. The minimum Gasteiger partial charge on any atom is -0.497 e. The van der Waals surface area contributed by atoms with Crippen molar-refractivity contribution in [3.63, 3.8) is 0 Å². The van der Waals surface area contributed by atoms with E-state index in [0.29, 0.717) is 31.4 Å². The van der Waals surface area contributed by atoms with Crippen LogP contribution in [-0.4, -0.2) is 60.5 Å². The van der Waals surface area contributed by atoms with E-state index in [9.17, 15) is 24.3 Å². The summed E-state index contributed by atoms with van der Waals surface area (Å²) in [4.78, 5) is 47.7. The Morgan fingerprint density at radius 1 is 0.791 bits per heavy atom. The van der Waals surface area contributed by atoms with Crippen LogP contribution in [0.25, 0.3) is 0 Å². The molecule has 43 heavy (non-hydrogen) atoms. The average Bonchev–Trinajstić information content (AvgIpc) is 2.93. The third kappa shape index (κ3) is 15.6. The highest BCUT2D eigenvalue weighted by molar-refractivity contribution is 5.70. The molecule has 1 rings (SSSR count). The zero-order chi connectivity index (χ0) is 32.5. The molecular formula is C33H50O10. The van der Waals surface area contributed by atoms with E-state index in [1.807, 2.05) is 51.1 Å². The van der Waals surface area contributed by atoms with E-state index in [1.165, 1.54) is 20.8 Å². The second-order valence-electron chi connectivity index (χ2n) is 11.1. The number of ether oxygens (including phenoxy) is 5. The standard InChI is InChI=1S/C33H50O10/c1-9-21(2)10-14-29(41-24(5)34)18-31(43-26(7)36)19-30(42-25(6)35)15-11-22(3)32(23(4)33(37)38)40-20-27-12-16-28(39-8)17-13-27/h9,12-13,16-17,22-23,29-32H,10-11,14-15,18-20H2,1-8H3,(H,37,38)/b21-9+/t22-,23+,29+,30+,31+,32+/m1/s1. The van der Waals surface area contributed by atoms with Gasteiger partial charge in [0, 0.05) is 33.6 Å². The summed E-state index contributed by atoms with van der Waals surface area (Å²) in [5.41, 5.74) is 2.02. The molecule has 0 aromatic heterocycles. The van der Waals surface area contributed by atoms with Crippen LogP contribution in [0.15, 0.2) is 35.9 Å². The van der Waals surface area contributed by atoms with Crippen LogP contribution in [0.2, 0.25) is 0 Å². The monoisotopic (exact) mass is 606 g/mol. The van der Waals surface area contributed by atoms with Crippen molar-refractivity contribution in [2.24, 2.45) is 11.8 Å². The largest absolute Gasteiger partial charge is 0.497 e. The maximum atomic E-state index is 12.0. The first-order valence-electron chi connectivity index (χ1n) is 14.9. The second-order valence-corrected chi connectivity index (χ2v) is 11.1. The van der Waals surface area contributed by atoms with Crippen molar-refractivity contribution in [2.75, 3.05) is 7.11 Å². The van der Waals surface area contributed by atoms with Crippen LogP contribution in [0.3, 0.4) is 0 Å². The van der Waals surface area contributed by atoms with E-state index in [-0.39, 0.29) is 25.4 Å². The summed E-state index contributed by atoms with van der Waals surface area (Å²) in [5, 5.41) is 9.75. The number of hydrogen-bond donors (Lipinski definition) is 1. The summed E-state index contributed by atoms with van der Waals surface area (Å²) in [7, 11) is 1.58. The van der Waals surface area contributed by atoms with Crippen LogP contribution in [-0.2, 0) is 44.7 Å². The lowest BCUT2D eigenvalue weighted by atomic mass is 9.88. The number of esters is 3. The molecule has 10 nitrogen and oxygen atoms in total. The Balaban J connectivity index is 3.03. The third-order valence-corrected chi connectivity index (χ3v) is 7.39. The number of benzene rings is 1. The van der Waals surface area contributed by atoms with Gasteiger partial charge < -0.3 is 28.8 Å². The SMILES string of the molecule is C/C=C(\C)CC[C@@H](C[C@@H](C[C@H](CC[C@@H](C)[C@H](OCc1ccc(OC)cc1)[C@H](C)C(=O)O)OC(C)=O)OC(C)=O)OC(C)=O. The predicted octanol–water partition coefficient (Wildman–Crippen LogP) is 6.04. The van der Waals surface area contributed by atoms with Crippen molar-refractivity contribution in [3.05, 3.63) is 41.5 Å². The zero-order valence-corrected chi connectivity index (χ0v) is 26.9. The van der Waals surface area contributed by atoms with E-state index in [0.717, 1.165) is 11.1 Å². The molecule has 0 aliphatic rings. The van der Waals surface area contributed by atoms with Crippen LogP contribution in [0.1, 0.15) is 92.6 Å². The van der Waals surface area contributed by atoms with Gasteiger partial charge in [-0.25, -0.2) is 0 Å². The number of allylic oxidation sites excluding steroid dienone is 2. The molecule has 0 fully saturated rings. The van der Waals surface area contributed by atoms with Gasteiger partial charge in [-0.1, -0.05) is 30.7 Å². The van der Waals surface area contributed by atoms with Crippen LogP contribution < -0.4 is 4.74 Å². The van der Waals surface area contributed by atoms with Gasteiger partial charge in [-0.15, -0.1) is 0 Å². The van der Waals surface area contributed by atoms with Gasteiger partial charge in [-0.3, -0.25) is 19.2 Å². The van der Waals surface area contributed by atoms with Crippen molar-refractivity contribution < 1.29 is 48.0 Å². The molecule has 6 atom stereocenters. The molecule has 10 heteroatoms. The smallest absolute Gasteiger partial charge is 0.308 e. The van der Waals surface area contributed by atoms with Crippen molar-refractivity contribution in [3.8, 4) is 5.75 Å². The van der Waals surface area contributed by atoms with Gasteiger partial charge in [0.05, 0.1) is 25.7 Å². The Morgan fingerprint density at radius 2 is 1.30 bits per heavy atom. The molecule has 0 amide bonds. The van der Waals surface area contributed by atoms with Gasteiger partial charge in [0.15, 0.2) is 0 Å². The molecule has 1 aromatic rings. The Hall–Kier alpha value is -3.40. The first-order chi connectivity index (χ1) is 20.2. The van der Waals surface area contributed by atoms with Crippen LogP contribution in [0.5, 0.6) is 5.75 Å². The molecule has 0 heterocycles. The first kappa shape index (κ1) is 37.6. The van der Waals surface area contributed by atoms with E-state index in [4.69, 9.17) is 23.7 Å². The van der Waals surface area contributed by atoms with Crippen LogP contribution in [0, 0.1) is 11.8 Å². The number of methoxy groups -OCH3 is 1. The zero-order valence-electron chi connectivity index (χ0n) is 26.9. The lowest BCUT2D eigenvalue weighted by molar-refractivity contribution is -0.156. The fourth-order valence-electron chi connectivity index (χ4n) is 4.93. The highest BCUT2D eigenvalue weighted by Gasteiger charge is 2.32. The molecule has 0 bridgehead atoms. The van der Waals surface area contributed by atoms with E-state index in [2.05, 4.69) is 0 Å². The number of carbonyl (C=O) groups is 4. The maximum absolute atomic E-state index is 12.0. The topological polar surface area (TPSA) is 135 Å². The molecule has 0 aliphatic carbocycles. The molecule has 0 saturated carbocycles. The summed E-state index contributed by atoms with van der Waals surface area (Å²) in [6.07, 6.45) is 2.25. The second kappa shape index (κ2) is 19.7. The van der Waals surface area contributed by atoms with Crippen molar-refractivity contribution in [1.29, 1.82) is 0 Å². The Kier molecular flexibility index (Phi) is 17.3. The van der Waals surface area contributed by atoms with Gasteiger partial charge in [-0.05, 0) is 70.1 Å². The Bertz CT molecular complexity index is 1050. The van der Waals surface area contributed by atoms with Crippen molar-refractivity contribution in [1.82, 2.24) is 0 Å². The fourth-order valence-corrected chi connectivity index (χ4v) is 4.93. The van der Waals surface area contributed by atoms with Gasteiger partial charge in [-0.2, -0.15) is 0 Å². The normalized spacial score (nSPS) is 15.8. The van der Waals surface area contributed by atoms with Crippen LogP contribution >= 0.6 is 0 Å². The number of carboxylic acids is 1. The fraction of sp³-hybridized carbons (Fsp3) is 0.636. The number of carboxylic acid groups (broad SMARTS) is 1. The molecular weight excluding hydrogens is 556 g/mol. The van der Waals surface area contributed by atoms with E-state index >= 15 is 0 Å². The van der Waals surface area contributed by atoms with E-state index < -0.39 is 54.2 Å². The van der Waals surface area contributed by atoms with Gasteiger partial charge in [0.25, 0.3) is 0 Å². The molecule has 1 aromatic carbocycles. The number of aliphatic carboxylic acids is 1. The minimum atomic E-state index is -0.970. The minimum absolute atomic E-state index is 0.202. The lowest BCUT2D eigenvalue weighted by Gasteiger charge is -2.30. The molecule has 0 aliphatic heterocycles. The molecule has 0 radical (unpaired) electrons. The summed E-state index contributed by atoms with van der Waals surface area (Å²) >= 11 is 0. The quantitative estimate of drug-likeness (QED) is 0.106. The van der Waals surface area contributed by atoms with Gasteiger partial charge in [0.1, 0.15) is 24.1 Å². The van der Waals surface area contributed by atoms with Gasteiger partial charge >= 0.3 is 23.9 Å². The molecule has 1 N–H and O–H groups in total. The summed E-state index contributed by atoms with van der Waals surface area (Å²) < 4.78 is 28.1. The third-order valence-electron chi connectivity index (χ3n) is 7.39. The highest BCUT2D eigenvalue weighted by Crippen LogP contribution is 2.27. The van der Waals surface area contributed by atoms with Crippen LogP contribution in [0.4, 0.5) is 0 Å². The van der Waals surface area contributed by atoms with E-state index in [1.54, 1.807) is 14.0 Å². The molecule has 242 valence electrons. The molecule has 0 spiro atoms. The van der Waals surface area contributed by atoms with Crippen molar-refractivity contribution >= 4 is 23.9 Å². The first-order valence-corrected chi connectivity index (χ1v) is 14.9. The molecule has 0 saturated heterocycles. The van der Waals surface area contributed by atoms with Gasteiger partial charge in [0.2, 0.25) is 0 Å². The summed E-state index contributed by atoms with van der Waals surface area (Å²) in [5.74, 6) is -2.64. The van der Waals surface area contributed by atoms with Crippen molar-refractivity contribution in [2.45, 2.75) is 118 Å². The highest BCUT2D eigenvalue weighted by atomic mass is 16.6. The summed E-state index contributed by atoms with van der Waals surface area (Å²) in [6.45, 7) is 11.6. The summed E-state index contributed by atoms with van der Waals surface area (Å²) in [6, 6.07) is 7.35. The lowest BCUT2D eigenvalue weighted by Crippen LogP contribution is -2.35. The maximum Gasteiger partial charge on any atom is 0.308 e.